The Bertz CT molecular complexity index is 862. The van der Waals surface area contributed by atoms with E-state index in [2.05, 4.69) is 37.8 Å². The van der Waals surface area contributed by atoms with Crippen LogP contribution in [-0.2, 0) is 11.2 Å². The fraction of sp³-hybridized carbons (Fsp3) is 0.500. The van der Waals surface area contributed by atoms with Gasteiger partial charge in [0.2, 0.25) is 5.91 Å². The number of rotatable bonds is 5. The summed E-state index contributed by atoms with van der Waals surface area (Å²) in [6.07, 6.45) is 2.90. The molecule has 3 heterocycles. The summed E-state index contributed by atoms with van der Waals surface area (Å²) in [5, 5.41) is 0.717. The van der Waals surface area contributed by atoms with Gasteiger partial charge in [-0.25, -0.2) is 9.97 Å². The zero-order valence-corrected chi connectivity index (χ0v) is 18.3. The van der Waals surface area contributed by atoms with Gasteiger partial charge in [0.1, 0.15) is 18.0 Å². The molecular weight excluding hydrogens is 400 g/mol. The van der Waals surface area contributed by atoms with Gasteiger partial charge in [-0.3, -0.25) is 4.79 Å². The summed E-state index contributed by atoms with van der Waals surface area (Å²) in [7, 11) is 2.15. The lowest BCUT2D eigenvalue weighted by Gasteiger charge is -2.36. The van der Waals surface area contributed by atoms with Crippen LogP contribution in [0.3, 0.4) is 0 Å². The molecule has 0 N–H and O–H groups in total. The van der Waals surface area contributed by atoms with Gasteiger partial charge in [0, 0.05) is 69.9 Å². The van der Waals surface area contributed by atoms with Crippen molar-refractivity contribution in [3.63, 3.8) is 0 Å². The van der Waals surface area contributed by atoms with Crippen LogP contribution in [0.25, 0.3) is 0 Å². The lowest BCUT2D eigenvalue weighted by Crippen LogP contribution is -2.49. The highest BCUT2D eigenvalue weighted by atomic mass is 35.5. The van der Waals surface area contributed by atoms with E-state index in [1.165, 1.54) is 0 Å². The van der Waals surface area contributed by atoms with Crippen LogP contribution < -0.4 is 9.80 Å². The van der Waals surface area contributed by atoms with Crippen LogP contribution in [0.15, 0.2) is 36.7 Å². The largest absolute Gasteiger partial charge is 0.354 e. The molecule has 7 nitrogen and oxygen atoms in total. The fourth-order valence-corrected chi connectivity index (χ4v) is 4.22. The highest BCUT2D eigenvalue weighted by Gasteiger charge is 2.23. The molecule has 160 valence electrons. The highest BCUT2D eigenvalue weighted by molar-refractivity contribution is 6.30. The Kier molecular flexibility index (Phi) is 6.69. The first-order chi connectivity index (χ1) is 14.6. The van der Waals surface area contributed by atoms with Gasteiger partial charge in [-0.2, -0.15) is 0 Å². The van der Waals surface area contributed by atoms with E-state index >= 15 is 0 Å². The summed E-state index contributed by atoms with van der Waals surface area (Å²) in [6, 6.07) is 9.82. The van der Waals surface area contributed by atoms with Gasteiger partial charge in [-0.15, -0.1) is 0 Å². The summed E-state index contributed by atoms with van der Waals surface area (Å²) in [5.74, 6) is 2.15. The Labute approximate surface area is 183 Å². The molecule has 0 aliphatic carbocycles. The average molecular weight is 429 g/mol. The van der Waals surface area contributed by atoms with Crippen LogP contribution in [0.5, 0.6) is 0 Å². The van der Waals surface area contributed by atoms with E-state index in [-0.39, 0.29) is 5.91 Å². The summed E-state index contributed by atoms with van der Waals surface area (Å²) in [5.41, 5.74) is 1.10. The van der Waals surface area contributed by atoms with Crippen LogP contribution in [0.2, 0.25) is 5.02 Å². The number of likely N-dealkylation sites (N-methyl/N-ethyl adjacent to an activating group) is 1. The fourth-order valence-electron chi connectivity index (χ4n) is 4.01. The quantitative estimate of drug-likeness (QED) is 0.727. The number of carbonyl (C=O) groups is 1. The number of aromatic nitrogens is 2. The van der Waals surface area contributed by atoms with Crippen molar-refractivity contribution in [2.24, 2.45) is 0 Å². The molecule has 0 saturated carbocycles. The maximum atomic E-state index is 12.6. The smallest absolute Gasteiger partial charge is 0.223 e. The molecule has 8 heteroatoms. The lowest BCUT2D eigenvalue weighted by molar-refractivity contribution is -0.131. The monoisotopic (exact) mass is 428 g/mol. The number of halogens is 1. The van der Waals surface area contributed by atoms with E-state index in [0.29, 0.717) is 11.4 Å². The minimum absolute atomic E-state index is 0.204. The topological polar surface area (TPSA) is 55.8 Å². The van der Waals surface area contributed by atoms with Gasteiger partial charge < -0.3 is 19.6 Å². The summed E-state index contributed by atoms with van der Waals surface area (Å²) in [6.45, 7) is 7.11. The van der Waals surface area contributed by atoms with Crippen molar-refractivity contribution < 1.29 is 4.79 Å². The molecule has 0 bridgehead atoms. The zero-order valence-electron chi connectivity index (χ0n) is 17.5. The van der Waals surface area contributed by atoms with Crippen molar-refractivity contribution in [1.29, 1.82) is 0 Å². The van der Waals surface area contributed by atoms with Crippen molar-refractivity contribution in [2.45, 2.75) is 12.8 Å². The second-order valence-electron chi connectivity index (χ2n) is 8.02. The Morgan fingerprint density at radius 2 is 1.57 bits per heavy atom. The minimum atomic E-state index is 0.204. The van der Waals surface area contributed by atoms with Gasteiger partial charge in [0.05, 0.1) is 0 Å². The number of hydrogen-bond donors (Lipinski definition) is 0. The number of nitrogens with zero attached hydrogens (tertiary/aromatic N) is 6. The molecule has 30 heavy (non-hydrogen) atoms. The standard InChI is InChI=1S/C22H29ClN6O/c1-26-7-9-27(10-8-26)20-16-21(25-17-24-20)28-11-13-29(14-12-28)22(30)6-5-18-3-2-4-19(23)15-18/h2-4,15-17H,5-14H2,1H3. The van der Waals surface area contributed by atoms with E-state index < -0.39 is 0 Å². The molecule has 0 atom stereocenters. The Balaban J connectivity index is 1.29. The van der Waals surface area contributed by atoms with Crippen molar-refractivity contribution in [3.8, 4) is 0 Å². The summed E-state index contributed by atoms with van der Waals surface area (Å²) in [4.78, 5) is 30.5. The Morgan fingerprint density at radius 3 is 2.20 bits per heavy atom. The lowest BCUT2D eigenvalue weighted by atomic mass is 10.1. The first-order valence-corrected chi connectivity index (χ1v) is 11.0. The van der Waals surface area contributed by atoms with Crippen LogP contribution in [-0.4, -0.2) is 85.1 Å². The van der Waals surface area contributed by atoms with Crippen LogP contribution in [0, 0.1) is 0 Å². The number of anilines is 2. The molecule has 2 aromatic rings. The van der Waals surface area contributed by atoms with Crippen molar-refractivity contribution >= 4 is 29.1 Å². The first kappa shape index (κ1) is 20.9. The van der Waals surface area contributed by atoms with Crippen LogP contribution >= 0.6 is 11.6 Å². The number of benzene rings is 1. The normalized spacial score (nSPS) is 18.0. The van der Waals surface area contributed by atoms with Crippen molar-refractivity contribution in [2.75, 3.05) is 69.2 Å². The molecule has 0 radical (unpaired) electrons. The maximum Gasteiger partial charge on any atom is 0.223 e. The van der Waals surface area contributed by atoms with E-state index in [9.17, 15) is 4.79 Å². The number of aryl methyl sites for hydroxylation is 1. The number of carbonyl (C=O) groups excluding carboxylic acids is 1. The molecule has 0 unspecified atom stereocenters. The van der Waals surface area contributed by atoms with Crippen LogP contribution in [0.1, 0.15) is 12.0 Å². The predicted molar refractivity (Wildman–Crippen MR) is 120 cm³/mol. The third-order valence-electron chi connectivity index (χ3n) is 5.94. The second-order valence-corrected chi connectivity index (χ2v) is 8.46. The van der Waals surface area contributed by atoms with Gasteiger partial charge in [0.25, 0.3) is 0 Å². The zero-order chi connectivity index (χ0) is 20.9. The van der Waals surface area contributed by atoms with Crippen molar-refractivity contribution in [1.82, 2.24) is 19.8 Å². The number of hydrogen-bond acceptors (Lipinski definition) is 6. The first-order valence-electron chi connectivity index (χ1n) is 10.6. The van der Waals surface area contributed by atoms with Gasteiger partial charge >= 0.3 is 0 Å². The predicted octanol–water partition coefficient (Wildman–Crippen LogP) is 2.16. The van der Waals surface area contributed by atoms with Gasteiger partial charge in [-0.1, -0.05) is 23.7 Å². The number of piperazine rings is 2. The molecule has 2 saturated heterocycles. The van der Waals surface area contributed by atoms with E-state index in [4.69, 9.17) is 11.6 Å². The molecule has 1 aromatic carbocycles. The summed E-state index contributed by atoms with van der Waals surface area (Å²) >= 11 is 6.03. The molecular formula is C22H29ClN6O. The highest BCUT2D eigenvalue weighted by Crippen LogP contribution is 2.20. The molecule has 2 aliphatic heterocycles. The Hall–Kier alpha value is -2.38. The molecule has 4 rings (SSSR count). The molecule has 1 amide bonds. The number of amides is 1. The molecule has 2 fully saturated rings. The van der Waals surface area contributed by atoms with Crippen LogP contribution in [0.4, 0.5) is 11.6 Å². The van der Waals surface area contributed by atoms with E-state index in [1.807, 2.05) is 29.2 Å². The van der Waals surface area contributed by atoms with E-state index in [0.717, 1.165) is 76.0 Å². The van der Waals surface area contributed by atoms with E-state index in [1.54, 1.807) is 6.33 Å². The minimum Gasteiger partial charge on any atom is -0.354 e. The SMILES string of the molecule is CN1CCN(c2cc(N3CCN(C(=O)CCc4cccc(Cl)c4)CC3)ncn2)CC1. The molecule has 0 spiro atoms. The maximum absolute atomic E-state index is 12.6. The third-order valence-corrected chi connectivity index (χ3v) is 6.17. The molecule has 2 aliphatic rings. The van der Waals surface area contributed by atoms with Crippen molar-refractivity contribution in [3.05, 3.63) is 47.2 Å². The third kappa shape index (κ3) is 5.21. The Morgan fingerprint density at radius 1 is 0.933 bits per heavy atom. The average Bonchev–Trinajstić information content (AvgIpc) is 2.78. The van der Waals surface area contributed by atoms with Gasteiger partial charge in [0.15, 0.2) is 0 Å². The second kappa shape index (κ2) is 9.62. The van der Waals surface area contributed by atoms with Gasteiger partial charge in [-0.05, 0) is 31.2 Å². The molecule has 1 aromatic heterocycles. The summed E-state index contributed by atoms with van der Waals surface area (Å²) < 4.78 is 0.